The van der Waals surface area contributed by atoms with Gasteiger partial charge in [0.15, 0.2) is 0 Å². The van der Waals surface area contributed by atoms with E-state index < -0.39 is 0 Å². The number of rotatable bonds is 9. The Morgan fingerprint density at radius 1 is 0.867 bits per heavy atom. The zero-order chi connectivity index (χ0) is 20.6. The molecule has 0 N–H and O–H groups in total. The Labute approximate surface area is 180 Å². The van der Waals surface area contributed by atoms with Crippen LogP contribution < -0.4 is 9.47 Å². The van der Waals surface area contributed by atoms with Crippen LogP contribution >= 0.6 is 0 Å². The predicted molar refractivity (Wildman–Crippen MR) is 123 cm³/mol. The summed E-state index contributed by atoms with van der Waals surface area (Å²) in [7, 11) is 2.22. The van der Waals surface area contributed by atoms with Gasteiger partial charge in [-0.05, 0) is 87.2 Å². The molecule has 3 aromatic rings. The average molecular weight is 402 g/mol. The average Bonchev–Trinajstić information content (AvgIpc) is 3.19. The van der Waals surface area contributed by atoms with Crippen molar-refractivity contribution in [1.82, 2.24) is 4.90 Å². The lowest BCUT2D eigenvalue weighted by atomic mass is 10.0. The van der Waals surface area contributed by atoms with E-state index in [9.17, 15) is 0 Å². The third kappa shape index (κ3) is 5.64. The van der Waals surface area contributed by atoms with E-state index in [1.54, 1.807) is 0 Å². The summed E-state index contributed by atoms with van der Waals surface area (Å²) in [5.41, 5.74) is 2.54. The van der Waals surface area contributed by atoms with E-state index in [4.69, 9.17) is 9.47 Å². The van der Waals surface area contributed by atoms with Crippen LogP contribution in [-0.4, -0.2) is 31.1 Å². The Balaban J connectivity index is 1.45. The van der Waals surface area contributed by atoms with Crippen molar-refractivity contribution in [1.29, 1.82) is 0 Å². The van der Waals surface area contributed by atoms with Crippen LogP contribution in [0.25, 0.3) is 0 Å². The summed E-state index contributed by atoms with van der Waals surface area (Å²) >= 11 is 0. The van der Waals surface area contributed by atoms with Crippen molar-refractivity contribution < 1.29 is 9.47 Å². The number of ether oxygens (including phenoxy) is 2. The van der Waals surface area contributed by atoms with Crippen LogP contribution in [0, 0.1) is 0 Å². The first kappa shape index (κ1) is 20.5. The lowest BCUT2D eigenvalue weighted by Gasteiger charge is -2.20. The fourth-order valence-electron chi connectivity index (χ4n) is 4.15. The quantitative estimate of drug-likeness (QED) is 0.431. The summed E-state index contributed by atoms with van der Waals surface area (Å²) in [5.74, 6) is 2.68. The summed E-state index contributed by atoms with van der Waals surface area (Å²) in [6.07, 6.45) is 5.57. The molecule has 0 aliphatic carbocycles. The van der Waals surface area contributed by atoms with E-state index in [2.05, 4.69) is 54.4 Å². The maximum absolute atomic E-state index is 6.26. The Morgan fingerprint density at radius 3 is 2.37 bits per heavy atom. The molecule has 1 saturated heterocycles. The van der Waals surface area contributed by atoms with Crippen molar-refractivity contribution in [3.8, 4) is 17.2 Å². The molecule has 0 aromatic heterocycles. The molecule has 1 fully saturated rings. The zero-order valence-corrected chi connectivity index (χ0v) is 17.8. The minimum absolute atomic E-state index is 0.651. The highest BCUT2D eigenvalue weighted by Gasteiger charge is 2.20. The van der Waals surface area contributed by atoms with Gasteiger partial charge in [0.1, 0.15) is 17.2 Å². The van der Waals surface area contributed by atoms with Gasteiger partial charge in [-0.3, -0.25) is 0 Å². The van der Waals surface area contributed by atoms with Gasteiger partial charge in [0.25, 0.3) is 0 Å². The number of benzene rings is 3. The first-order chi connectivity index (χ1) is 14.8. The molecule has 1 unspecified atom stereocenters. The summed E-state index contributed by atoms with van der Waals surface area (Å²) < 4.78 is 12.3. The molecule has 0 amide bonds. The summed E-state index contributed by atoms with van der Waals surface area (Å²) in [6, 6.07) is 27.4. The van der Waals surface area contributed by atoms with Crippen molar-refractivity contribution in [2.24, 2.45) is 0 Å². The SMILES string of the molecule is CN1CCCC1CCOc1ccc(Oc2ccccc2)cc1CCc1ccccc1. The van der Waals surface area contributed by atoms with Gasteiger partial charge in [-0.2, -0.15) is 0 Å². The normalized spacial score (nSPS) is 16.5. The molecule has 3 nitrogen and oxygen atoms in total. The van der Waals surface area contributed by atoms with Gasteiger partial charge in [0, 0.05) is 6.04 Å². The molecule has 1 aliphatic heterocycles. The van der Waals surface area contributed by atoms with Crippen LogP contribution in [0.4, 0.5) is 0 Å². The number of hydrogen-bond donors (Lipinski definition) is 0. The Morgan fingerprint density at radius 2 is 1.63 bits per heavy atom. The van der Waals surface area contributed by atoms with Gasteiger partial charge < -0.3 is 14.4 Å². The van der Waals surface area contributed by atoms with Crippen molar-refractivity contribution in [2.75, 3.05) is 20.2 Å². The van der Waals surface area contributed by atoms with E-state index in [1.807, 2.05) is 36.4 Å². The molecule has 30 heavy (non-hydrogen) atoms. The van der Waals surface area contributed by atoms with Crippen molar-refractivity contribution in [2.45, 2.75) is 38.1 Å². The highest BCUT2D eigenvalue weighted by Crippen LogP contribution is 2.29. The maximum Gasteiger partial charge on any atom is 0.127 e. The number of nitrogens with zero attached hydrogens (tertiary/aromatic N) is 1. The number of hydrogen-bond acceptors (Lipinski definition) is 3. The van der Waals surface area contributed by atoms with Gasteiger partial charge in [0.05, 0.1) is 6.61 Å². The minimum Gasteiger partial charge on any atom is -0.493 e. The molecule has 0 bridgehead atoms. The van der Waals surface area contributed by atoms with Gasteiger partial charge in [-0.1, -0.05) is 48.5 Å². The van der Waals surface area contributed by atoms with Gasteiger partial charge in [-0.25, -0.2) is 0 Å². The molecule has 1 aliphatic rings. The topological polar surface area (TPSA) is 21.7 Å². The van der Waals surface area contributed by atoms with Crippen LogP contribution in [0.1, 0.15) is 30.4 Å². The lowest BCUT2D eigenvalue weighted by molar-refractivity contribution is 0.232. The third-order valence-corrected chi connectivity index (χ3v) is 5.92. The van der Waals surface area contributed by atoms with Crippen molar-refractivity contribution in [3.63, 3.8) is 0 Å². The molecule has 156 valence electrons. The maximum atomic E-state index is 6.26. The third-order valence-electron chi connectivity index (χ3n) is 5.92. The molecule has 3 heteroatoms. The highest BCUT2D eigenvalue weighted by molar-refractivity contribution is 5.42. The van der Waals surface area contributed by atoms with Gasteiger partial charge in [0.2, 0.25) is 0 Å². The van der Waals surface area contributed by atoms with E-state index >= 15 is 0 Å². The molecule has 1 heterocycles. The second-order valence-electron chi connectivity index (χ2n) is 8.08. The Kier molecular flexibility index (Phi) is 7.04. The summed E-state index contributed by atoms with van der Waals surface area (Å²) in [4.78, 5) is 2.45. The summed E-state index contributed by atoms with van der Waals surface area (Å²) in [5, 5.41) is 0. The molecular formula is C27H31NO2. The number of likely N-dealkylation sites (tertiary alicyclic amines) is 1. The fraction of sp³-hybridized carbons (Fsp3) is 0.333. The van der Waals surface area contributed by atoms with Gasteiger partial charge >= 0.3 is 0 Å². The standard InChI is InChI=1S/C27H31NO2/c1-28-19-8-11-24(28)18-20-29-27-17-16-26(30-25-12-6-3-7-13-25)21-23(27)15-14-22-9-4-2-5-10-22/h2-7,9-10,12-13,16-17,21,24H,8,11,14-15,18-20H2,1H3. The van der Waals surface area contributed by atoms with E-state index in [0.717, 1.165) is 43.1 Å². The van der Waals surface area contributed by atoms with Crippen molar-refractivity contribution >= 4 is 0 Å². The van der Waals surface area contributed by atoms with E-state index in [1.165, 1.54) is 30.5 Å². The molecule has 1 atom stereocenters. The van der Waals surface area contributed by atoms with E-state index in [-0.39, 0.29) is 0 Å². The predicted octanol–water partition coefficient (Wildman–Crippen LogP) is 6.13. The molecular weight excluding hydrogens is 370 g/mol. The monoisotopic (exact) mass is 401 g/mol. The van der Waals surface area contributed by atoms with Crippen LogP contribution in [-0.2, 0) is 12.8 Å². The Bertz CT molecular complexity index is 911. The van der Waals surface area contributed by atoms with Crippen molar-refractivity contribution in [3.05, 3.63) is 90.0 Å². The van der Waals surface area contributed by atoms with Crippen LogP contribution in [0.15, 0.2) is 78.9 Å². The lowest BCUT2D eigenvalue weighted by Crippen LogP contribution is -2.26. The van der Waals surface area contributed by atoms with Crippen LogP contribution in [0.5, 0.6) is 17.2 Å². The second-order valence-corrected chi connectivity index (χ2v) is 8.08. The van der Waals surface area contributed by atoms with Gasteiger partial charge in [-0.15, -0.1) is 0 Å². The Hall–Kier alpha value is -2.78. The fourth-order valence-corrected chi connectivity index (χ4v) is 4.15. The minimum atomic E-state index is 0.651. The van der Waals surface area contributed by atoms with Crippen LogP contribution in [0.3, 0.4) is 0 Å². The molecule has 0 spiro atoms. The first-order valence-corrected chi connectivity index (χ1v) is 11.0. The number of para-hydroxylation sites is 1. The van der Waals surface area contributed by atoms with E-state index in [0.29, 0.717) is 6.04 Å². The smallest absolute Gasteiger partial charge is 0.127 e. The molecule has 3 aromatic carbocycles. The second kappa shape index (κ2) is 10.3. The number of aryl methyl sites for hydroxylation is 2. The first-order valence-electron chi connectivity index (χ1n) is 11.0. The molecule has 0 saturated carbocycles. The zero-order valence-electron chi connectivity index (χ0n) is 17.8. The largest absolute Gasteiger partial charge is 0.493 e. The van der Waals surface area contributed by atoms with Crippen LogP contribution in [0.2, 0.25) is 0 Å². The molecule has 4 rings (SSSR count). The highest BCUT2D eigenvalue weighted by atomic mass is 16.5. The molecule has 0 radical (unpaired) electrons. The summed E-state index contributed by atoms with van der Waals surface area (Å²) in [6.45, 7) is 1.96.